The molecular formula is C22H33N5O2S. The molecule has 0 radical (unpaired) electrons. The van der Waals surface area contributed by atoms with Gasteiger partial charge in [-0.2, -0.15) is 5.10 Å². The number of carbonyl (C=O) groups excluding carboxylic acids is 1. The molecule has 3 N–H and O–H groups in total. The number of aromatic nitrogens is 2. The van der Waals surface area contributed by atoms with Crippen molar-refractivity contribution in [2.45, 2.75) is 51.4 Å². The molecule has 0 bridgehead atoms. The molecule has 2 amide bonds. The summed E-state index contributed by atoms with van der Waals surface area (Å²) in [6, 6.07) is 1.91. The monoisotopic (exact) mass is 431 g/mol. The van der Waals surface area contributed by atoms with Crippen LogP contribution in [0.4, 0.5) is 16.2 Å². The SMILES string of the molecule is C1CCOC1.CN(S)c1cnn(C)c1.NC(=O)Nc1c2c(cc3c1CCC3)CCC2. The molecule has 2 aliphatic carbocycles. The highest BCUT2D eigenvalue weighted by molar-refractivity contribution is 7.81. The van der Waals surface area contributed by atoms with Crippen LogP contribution in [0, 0.1) is 0 Å². The molecule has 2 aromatic rings. The normalized spacial score (nSPS) is 16.0. The van der Waals surface area contributed by atoms with E-state index < -0.39 is 6.03 Å². The predicted octanol–water partition coefficient (Wildman–Crippen LogP) is 3.65. The van der Waals surface area contributed by atoms with Gasteiger partial charge in [0.1, 0.15) is 0 Å². The largest absolute Gasteiger partial charge is 0.381 e. The molecule has 7 nitrogen and oxygen atoms in total. The molecular weight excluding hydrogens is 398 g/mol. The quantitative estimate of drug-likeness (QED) is 0.634. The van der Waals surface area contributed by atoms with Gasteiger partial charge in [-0.25, -0.2) is 4.79 Å². The van der Waals surface area contributed by atoms with Crippen LogP contribution in [0.25, 0.3) is 0 Å². The standard InChI is InChI=1S/C13H16N2O.C5H9N3S.C4H8O/c14-13(16)15-12-10-5-1-3-8(10)7-9-4-2-6-11(9)12;1-7-4-5(3-6-7)8(2)9;1-2-4-5-3-1/h7H,1-6H2,(H3,14,15,16);3-4,9H,1-2H3;1-4H2. The molecule has 1 aromatic carbocycles. The van der Waals surface area contributed by atoms with E-state index in [1.165, 1.54) is 47.9 Å². The third kappa shape index (κ3) is 5.92. The molecule has 164 valence electrons. The van der Waals surface area contributed by atoms with Crippen molar-refractivity contribution in [3.05, 3.63) is 40.7 Å². The van der Waals surface area contributed by atoms with E-state index in [-0.39, 0.29) is 0 Å². The molecule has 3 aliphatic rings. The Kier molecular flexibility index (Phi) is 8.04. The average molecular weight is 432 g/mol. The number of fused-ring (bicyclic) bond motifs is 2. The van der Waals surface area contributed by atoms with Gasteiger partial charge in [-0.3, -0.25) is 4.68 Å². The summed E-state index contributed by atoms with van der Waals surface area (Å²) in [5.74, 6) is 0. The fourth-order valence-electron chi connectivity index (χ4n) is 4.18. The van der Waals surface area contributed by atoms with Crippen LogP contribution >= 0.6 is 12.8 Å². The van der Waals surface area contributed by atoms with Gasteiger partial charge in [-0.05, 0) is 73.6 Å². The summed E-state index contributed by atoms with van der Waals surface area (Å²) >= 11 is 4.08. The molecule has 0 saturated carbocycles. The minimum atomic E-state index is -0.436. The highest BCUT2D eigenvalue weighted by Gasteiger charge is 2.24. The summed E-state index contributed by atoms with van der Waals surface area (Å²) in [6.07, 6.45) is 13.1. The predicted molar refractivity (Wildman–Crippen MR) is 124 cm³/mol. The van der Waals surface area contributed by atoms with E-state index in [0.717, 1.165) is 50.3 Å². The zero-order valence-electron chi connectivity index (χ0n) is 18.0. The molecule has 1 saturated heterocycles. The van der Waals surface area contributed by atoms with E-state index in [0.29, 0.717) is 0 Å². The van der Waals surface area contributed by atoms with Crippen LogP contribution in [0.15, 0.2) is 18.5 Å². The second-order valence-corrected chi connectivity index (χ2v) is 8.54. The molecule has 5 rings (SSSR count). The van der Waals surface area contributed by atoms with Crippen LogP contribution < -0.4 is 15.4 Å². The number of primary amides is 1. The first-order chi connectivity index (χ1) is 14.5. The summed E-state index contributed by atoms with van der Waals surface area (Å²) in [5, 5.41) is 6.81. The van der Waals surface area contributed by atoms with E-state index in [1.807, 2.05) is 20.3 Å². The third-order valence-corrected chi connectivity index (χ3v) is 5.84. The van der Waals surface area contributed by atoms with E-state index in [1.54, 1.807) is 15.2 Å². The average Bonchev–Trinajstić information content (AvgIpc) is 3.49. The van der Waals surface area contributed by atoms with Gasteiger partial charge in [0.05, 0.1) is 11.9 Å². The van der Waals surface area contributed by atoms with E-state index in [2.05, 4.69) is 29.3 Å². The van der Waals surface area contributed by atoms with Crippen molar-refractivity contribution in [1.82, 2.24) is 9.78 Å². The maximum Gasteiger partial charge on any atom is 0.316 e. The molecule has 1 fully saturated rings. The Hall–Kier alpha value is -2.19. The number of nitrogens with zero attached hydrogens (tertiary/aromatic N) is 3. The van der Waals surface area contributed by atoms with Crippen LogP contribution in [-0.2, 0) is 37.5 Å². The number of ether oxygens (including phenoxy) is 1. The zero-order valence-corrected chi connectivity index (χ0v) is 18.9. The second-order valence-electron chi connectivity index (χ2n) is 7.94. The summed E-state index contributed by atoms with van der Waals surface area (Å²) in [6.45, 7) is 2.00. The fourth-order valence-corrected chi connectivity index (χ4v) is 4.28. The number of nitrogens with one attached hydrogen (secondary N) is 1. The Labute approximate surface area is 184 Å². The van der Waals surface area contributed by atoms with E-state index in [9.17, 15) is 4.79 Å². The lowest BCUT2D eigenvalue weighted by Gasteiger charge is -2.14. The first-order valence-corrected chi connectivity index (χ1v) is 11.1. The summed E-state index contributed by atoms with van der Waals surface area (Å²) in [5.41, 5.74) is 12.8. The lowest BCUT2D eigenvalue weighted by molar-refractivity contribution is 0.198. The summed E-state index contributed by atoms with van der Waals surface area (Å²) in [4.78, 5) is 11.1. The van der Waals surface area contributed by atoms with Gasteiger partial charge in [0.25, 0.3) is 0 Å². The maximum atomic E-state index is 11.1. The lowest BCUT2D eigenvalue weighted by atomic mass is 9.99. The number of aryl methyl sites for hydroxylation is 3. The Morgan fingerprint density at radius 3 is 2.10 bits per heavy atom. The van der Waals surface area contributed by atoms with Gasteiger partial charge < -0.3 is 20.1 Å². The number of hydrogen-bond donors (Lipinski definition) is 3. The molecule has 1 aromatic heterocycles. The van der Waals surface area contributed by atoms with Crippen molar-refractivity contribution in [3.63, 3.8) is 0 Å². The van der Waals surface area contributed by atoms with Crippen LogP contribution in [-0.4, -0.2) is 36.1 Å². The molecule has 2 heterocycles. The number of thiol groups is 1. The van der Waals surface area contributed by atoms with Crippen molar-refractivity contribution >= 4 is 30.2 Å². The number of benzene rings is 1. The first-order valence-electron chi connectivity index (χ1n) is 10.7. The van der Waals surface area contributed by atoms with Crippen LogP contribution in [0.5, 0.6) is 0 Å². The first kappa shape index (κ1) is 22.5. The van der Waals surface area contributed by atoms with Crippen molar-refractivity contribution in [2.75, 3.05) is 29.9 Å². The van der Waals surface area contributed by atoms with E-state index in [4.69, 9.17) is 10.5 Å². The smallest absolute Gasteiger partial charge is 0.316 e. The van der Waals surface area contributed by atoms with Crippen LogP contribution in [0.2, 0.25) is 0 Å². The highest BCUT2D eigenvalue weighted by Crippen LogP contribution is 2.38. The van der Waals surface area contributed by atoms with Crippen molar-refractivity contribution in [2.24, 2.45) is 12.8 Å². The number of rotatable bonds is 2. The van der Waals surface area contributed by atoms with Crippen molar-refractivity contribution < 1.29 is 9.53 Å². The Morgan fingerprint density at radius 1 is 1.13 bits per heavy atom. The number of nitrogens with two attached hydrogens (primary N) is 1. The topological polar surface area (TPSA) is 85.4 Å². The zero-order chi connectivity index (χ0) is 21.5. The molecule has 30 heavy (non-hydrogen) atoms. The Balaban J connectivity index is 0.000000153. The minimum absolute atomic E-state index is 0.436. The number of anilines is 2. The van der Waals surface area contributed by atoms with Gasteiger partial charge in [0.15, 0.2) is 0 Å². The summed E-state index contributed by atoms with van der Waals surface area (Å²) < 4.78 is 8.40. The summed E-state index contributed by atoms with van der Waals surface area (Å²) in [7, 11) is 3.74. The molecule has 0 unspecified atom stereocenters. The Morgan fingerprint density at radius 2 is 1.73 bits per heavy atom. The van der Waals surface area contributed by atoms with Crippen molar-refractivity contribution in [1.29, 1.82) is 0 Å². The molecule has 8 heteroatoms. The number of hydrogen-bond acceptors (Lipinski definition) is 5. The van der Waals surface area contributed by atoms with Gasteiger partial charge in [-0.15, -0.1) is 0 Å². The van der Waals surface area contributed by atoms with Crippen LogP contribution in [0.1, 0.15) is 47.9 Å². The fraction of sp³-hybridized carbons (Fsp3) is 0.545. The molecule has 0 spiro atoms. The van der Waals surface area contributed by atoms with Gasteiger partial charge >= 0.3 is 6.03 Å². The third-order valence-electron chi connectivity index (χ3n) is 5.61. The van der Waals surface area contributed by atoms with Gasteiger partial charge in [-0.1, -0.05) is 18.9 Å². The number of carbonyl (C=O) groups is 1. The van der Waals surface area contributed by atoms with E-state index >= 15 is 0 Å². The number of urea groups is 1. The van der Waals surface area contributed by atoms with Gasteiger partial charge in [0, 0.05) is 39.2 Å². The maximum absolute atomic E-state index is 11.1. The Bertz CT molecular complexity index is 822. The lowest BCUT2D eigenvalue weighted by Crippen LogP contribution is -2.21. The minimum Gasteiger partial charge on any atom is -0.381 e. The molecule has 0 atom stereocenters. The molecule has 1 aliphatic heterocycles. The number of amides is 2. The van der Waals surface area contributed by atoms with Gasteiger partial charge in [0.2, 0.25) is 0 Å². The van der Waals surface area contributed by atoms with Crippen LogP contribution in [0.3, 0.4) is 0 Å². The highest BCUT2D eigenvalue weighted by atomic mass is 32.1. The second kappa shape index (κ2) is 10.7. The van der Waals surface area contributed by atoms with Crippen molar-refractivity contribution in [3.8, 4) is 0 Å².